The van der Waals surface area contributed by atoms with Crippen molar-refractivity contribution in [3.8, 4) is 0 Å². The summed E-state index contributed by atoms with van der Waals surface area (Å²) in [6.45, 7) is 1.48. The molecule has 4 N–H and O–H groups in total. The van der Waals surface area contributed by atoms with Crippen molar-refractivity contribution in [3.05, 3.63) is 30.3 Å². The quantitative estimate of drug-likeness (QED) is 0.317. The van der Waals surface area contributed by atoms with Crippen LogP contribution < -0.4 is 16.6 Å². The van der Waals surface area contributed by atoms with Crippen LogP contribution in [-0.4, -0.2) is 25.2 Å². The smallest absolute Gasteiger partial charge is 0.210 e. The lowest BCUT2D eigenvalue weighted by molar-refractivity contribution is 0.118. The lowest BCUT2D eigenvalue weighted by atomic mass is 10.2. The van der Waals surface area contributed by atoms with Crippen LogP contribution in [0.1, 0.15) is 12.8 Å². The topological polar surface area (TPSA) is 71.7 Å². The molecule has 1 heterocycles. The van der Waals surface area contributed by atoms with Gasteiger partial charge in [-0.05, 0) is 25.0 Å². The number of ether oxygens (including phenoxy) is 1. The summed E-state index contributed by atoms with van der Waals surface area (Å²) in [6, 6.07) is 9.79. The Bertz CT molecular complexity index is 360. The van der Waals surface area contributed by atoms with Crippen molar-refractivity contribution in [2.75, 3.05) is 18.5 Å². The third kappa shape index (κ3) is 3.72. The van der Waals surface area contributed by atoms with E-state index in [4.69, 9.17) is 10.6 Å². The standard InChI is InChI=1S/C12H18N4O/c13-16-12(14-9-11-7-4-8-17-11)15-10-5-2-1-3-6-10/h1-3,5-6,11H,4,7-9,13H2,(H2,14,15,16). The highest BCUT2D eigenvalue weighted by molar-refractivity contribution is 5.93. The van der Waals surface area contributed by atoms with E-state index in [1.165, 1.54) is 0 Å². The summed E-state index contributed by atoms with van der Waals surface area (Å²) >= 11 is 0. The minimum Gasteiger partial charge on any atom is -0.376 e. The maximum Gasteiger partial charge on any atom is 0.210 e. The number of nitrogens with two attached hydrogens (primary N) is 1. The number of hydrogen-bond acceptors (Lipinski definition) is 3. The first-order valence-electron chi connectivity index (χ1n) is 5.83. The summed E-state index contributed by atoms with van der Waals surface area (Å²) < 4.78 is 5.49. The van der Waals surface area contributed by atoms with Crippen molar-refractivity contribution in [1.82, 2.24) is 5.43 Å². The number of benzene rings is 1. The van der Waals surface area contributed by atoms with E-state index >= 15 is 0 Å². The summed E-state index contributed by atoms with van der Waals surface area (Å²) in [5, 5.41) is 3.11. The maximum absolute atomic E-state index is 5.49. The van der Waals surface area contributed by atoms with Crippen LogP contribution in [0.4, 0.5) is 5.69 Å². The van der Waals surface area contributed by atoms with Gasteiger partial charge in [-0.1, -0.05) is 18.2 Å². The number of nitrogens with one attached hydrogen (secondary N) is 2. The van der Waals surface area contributed by atoms with Crippen LogP contribution in [-0.2, 0) is 4.74 Å². The predicted octanol–water partition coefficient (Wildman–Crippen LogP) is 1.10. The molecule has 2 rings (SSSR count). The Morgan fingerprint density at radius 3 is 2.88 bits per heavy atom. The number of hydrogen-bond donors (Lipinski definition) is 3. The van der Waals surface area contributed by atoms with E-state index in [1.54, 1.807) is 0 Å². The van der Waals surface area contributed by atoms with Crippen LogP contribution in [0, 0.1) is 0 Å². The van der Waals surface area contributed by atoms with Crippen LogP contribution >= 0.6 is 0 Å². The fourth-order valence-corrected chi connectivity index (χ4v) is 1.76. The largest absolute Gasteiger partial charge is 0.376 e. The third-order valence-electron chi connectivity index (χ3n) is 2.65. The van der Waals surface area contributed by atoms with Crippen molar-refractivity contribution in [1.29, 1.82) is 0 Å². The van der Waals surface area contributed by atoms with Gasteiger partial charge in [0.2, 0.25) is 5.96 Å². The molecule has 17 heavy (non-hydrogen) atoms. The lowest BCUT2D eigenvalue weighted by Gasteiger charge is -2.10. The van der Waals surface area contributed by atoms with E-state index in [1.807, 2.05) is 30.3 Å². The first-order chi connectivity index (χ1) is 8.38. The molecule has 1 aromatic rings. The summed E-state index contributed by atoms with van der Waals surface area (Å²) in [5.41, 5.74) is 3.51. The first kappa shape index (κ1) is 11.9. The summed E-state index contributed by atoms with van der Waals surface area (Å²) in [5.74, 6) is 5.98. The van der Waals surface area contributed by atoms with Gasteiger partial charge >= 0.3 is 0 Å². The van der Waals surface area contributed by atoms with E-state index in [9.17, 15) is 0 Å². The fourth-order valence-electron chi connectivity index (χ4n) is 1.76. The van der Waals surface area contributed by atoms with Crippen molar-refractivity contribution in [2.45, 2.75) is 18.9 Å². The zero-order chi connectivity index (χ0) is 11.9. The number of hydrazine groups is 1. The van der Waals surface area contributed by atoms with E-state index < -0.39 is 0 Å². The van der Waals surface area contributed by atoms with E-state index in [0.717, 1.165) is 25.1 Å². The van der Waals surface area contributed by atoms with Crippen LogP contribution in [0.3, 0.4) is 0 Å². The molecule has 0 spiro atoms. The molecule has 0 aromatic heterocycles. The Kier molecular flexibility index (Phi) is 4.35. The van der Waals surface area contributed by atoms with Gasteiger partial charge in [0.1, 0.15) is 0 Å². The molecule has 0 saturated carbocycles. The minimum absolute atomic E-state index is 0.232. The molecule has 0 aliphatic carbocycles. The Hall–Kier alpha value is -1.59. The van der Waals surface area contributed by atoms with Gasteiger partial charge in [0.25, 0.3) is 0 Å². The zero-order valence-electron chi connectivity index (χ0n) is 9.73. The molecule has 0 radical (unpaired) electrons. The van der Waals surface area contributed by atoms with Gasteiger partial charge in [0.05, 0.1) is 12.6 Å². The number of aliphatic imine (C=N–C) groups is 1. The lowest BCUT2D eigenvalue weighted by Crippen LogP contribution is -2.37. The fraction of sp³-hybridized carbons (Fsp3) is 0.417. The zero-order valence-corrected chi connectivity index (χ0v) is 9.73. The SMILES string of the molecule is NNC(=NCC1CCCO1)Nc1ccccc1. The number of para-hydroxylation sites is 1. The molecule has 1 fully saturated rings. The van der Waals surface area contributed by atoms with Crippen LogP contribution in [0.15, 0.2) is 35.3 Å². The molecule has 1 aromatic carbocycles. The summed E-state index contributed by atoms with van der Waals surface area (Å²) in [6.07, 6.45) is 2.43. The second-order valence-electron chi connectivity index (χ2n) is 3.96. The van der Waals surface area contributed by atoms with Gasteiger partial charge in [-0.25, -0.2) is 10.8 Å². The van der Waals surface area contributed by atoms with Gasteiger partial charge in [0.15, 0.2) is 0 Å². The maximum atomic E-state index is 5.49. The molecule has 1 unspecified atom stereocenters. The molecule has 1 aliphatic rings. The second kappa shape index (κ2) is 6.22. The number of nitrogens with zero attached hydrogens (tertiary/aromatic N) is 1. The highest BCUT2D eigenvalue weighted by Gasteiger charge is 2.14. The molecular formula is C12H18N4O. The highest BCUT2D eigenvalue weighted by atomic mass is 16.5. The Morgan fingerprint density at radius 1 is 1.41 bits per heavy atom. The van der Waals surface area contributed by atoms with Crippen molar-refractivity contribution in [2.24, 2.45) is 10.8 Å². The highest BCUT2D eigenvalue weighted by Crippen LogP contribution is 2.12. The molecule has 5 nitrogen and oxygen atoms in total. The van der Waals surface area contributed by atoms with Gasteiger partial charge in [-0.2, -0.15) is 0 Å². The first-order valence-corrected chi connectivity index (χ1v) is 5.83. The summed E-state index contributed by atoms with van der Waals surface area (Å²) in [4.78, 5) is 4.36. The Morgan fingerprint density at radius 2 is 2.24 bits per heavy atom. The van der Waals surface area contributed by atoms with Crippen LogP contribution in [0.2, 0.25) is 0 Å². The number of guanidine groups is 1. The van der Waals surface area contributed by atoms with Gasteiger partial charge < -0.3 is 10.1 Å². The van der Waals surface area contributed by atoms with Gasteiger partial charge in [-0.3, -0.25) is 5.43 Å². The monoisotopic (exact) mass is 234 g/mol. The molecule has 1 saturated heterocycles. The van der Waals surface area contributed by atoms with E-state index in [2.05, 4.69) is 15.7 Å². The van der Waals surface area contributed by atoms with Gasteiger partial charge in [-0.15, -0.1) is 0 Å². The number of rotatable bonds is 3. The average molecular weight is 234 g/mol. The number of anilines is 1. The van der Waals surface area contributed by atoms with Crippen LogP contribution in [0.5, 0.6) is 0 Å². The van der Waals surface area contributed by atoms with Gasteiger partial charge in [0, 0.05) is 12.3 Å². The summed E-state index contributed by atoms with van der Waals surface area (Å²) in [7, 11) is 0. The average Bonchev–Trinajstić information content (AvgIpc) is 2.89. The molecule has 0 bridgehead atoms. The van der Waals surface area contributed by atoms with E-state index in [0.29, 0.717) is 12.5 Å². The Labute approximate surface area is 101 Å². The minimum atomic E-state index is 0.232. The normalized spacial score (nSPS) is 20.3. The third-order valence-corrected chi connectivity index (χ3v) is 2.65. The van der Waals surface area contributed by atoms with Crippen LogP contribution in [0.25, 0.3) is 0 Å². The molecule has 1 atom stereocenters. The molecule has 92 valence electrons. The molecule has 1 aliphatic heterocycles. The predicted molar refractivity (Wildman–Crippen MR) is 68.7 cm³/mol. The van der Waals surface area contributed by atoms with Crippen molar-refractivity contribution < 1.29 is 4.74 Å². The van der Waals surface area contributed by atoms with E-state index in [-0.39, 0.29) is 6.10 Å². The second-order valence-corrected chi connectivity index (χ2v) is 3.96. The molecule has 0 amide bonds. The molecular weight excluding hydrogens is 216 g/mol. The molecule has 5 heteroatoms. The Balaban J connectivity index is 1.89. The van der Waals surface area contributed by atoms with Crippen molar-refractivity contribution in [3.63, 3.8) is 0 Å². The van der Waals surface area contributed by atoms with Crippen molar-refractivity contribution >= 4 is 11.6 Å².